The zero-order valence-electron chi connectivity index (χ0n) is 13.5. The highest BCUT2D eigenvalue weighted by molar-refractivity contribution is 6.04. The molecule has 0 atom stereocenters. The number of amides is 1. The molecule has 2 aromatic rings. The Hall–Kier alpha value is -2.64. The summed E-state index contributed by atoms with van der Waals surface area (Å²) in [5.41, 5.74) is 1.25. The van der Waals surface area contributed by atoms with Crippen LogP contribution in [0.15, 0.2) is 23.1 Å². The first kappa shape index (κ1) is 17.2. The second-order valence-electron chi connectivity index (χ2n) is 6.00. The minimum Gasteiger partial charge on any atom is -0.324 e. The number of fused-ring (bicyclic) bond motifs is 1. The number of rotatable bonds is 2. The van der Waals surface area contributed by atoms with Gasteiger partial charge in [0, 0.05) is 11.9 Å². The van der Waals surface area contributed by atoms with Crippen molar-refractivity contribution < 1.29 is 18.0 Å². The normalized spacial score (nSPS) is 14.1. The first-order valence-corrected chi connectivity index (χ1v) is 7.86. The third-order valence-corrected chi connectivity index (χ3v) is 4.31. The molecule has 8 heteroatoms. The van der Waals surface area contributed by atoms with Crippen molar-refractivity contribution >= 4 is 11.6 Å². The summed E-state index contributed by atoms with van der Waals surface area (Å²) < 4.78 is 37.6. The largest absolute Gasteiger partial charge is 0.433 e. The van der Waals surface area contributed by atoms with Crippen LogP contribution in [0.25, 0.3) is 0 Å². The van der Waals surface area contributed by atoms with E-state index in [0.29, 0.717) is 6.42 Å². The summed E-state index contributed by atoms with van der Waals surface area (Å²) >= 11 is 0. The van der Waals surface area contributed by atoms with Gasteiger partial charge in [0.1, 0.15) is 11.4 Å². The molecule has 5 nitrogen and oxygen atoms in total. The van der Waals surface area contributed by atoms with Crippen molar-refractivity contribution in [2.75, 3.05) is 5.32 Å². The standard InChI is InChI=1S/C17H16F3N3O2/c1-9-11-4-2-3-5-12(11)14(16(25)22-9)23-15(24)10-6-7-13(21-8-10)17(18,19)20/h6-8H,2-5H2,1H3,(H,22,25)(H,23,24). The van der Waals surface area contributed by atoms with Crippen LogP contribution in [0.2, 0.25) is 0 Å². The third kappa shape index (κ3) is 3.42. The highest BCUT2D eigenvalue weighted by atomic mass is 19.4. The van der Waals surface area contributed by atoms with Crippen LogP contribution in [-0.4, -0.2) is 15.9 Å². The number of hydrogen-bond acceptors (Lipinski definition) is 3. The Balaban J connectivity index is 1.90. The van der Waals surface area contributed by atoms with Crippen LogP contribution in [0.4, 0.5) is 18.9 Å². The maximum absolute atomic E-state index is 12.5. The molecule has 1 aliphatic rings. The van der Waals surface area contributed by atoms with Crippen molar-refractivity contribution in [3.63, 3.8) is 0 Å². The van der Waals surface area contributed by atoms with Crippen molar-refractivity contribution in [3.8, 4) is 0 Å². The topological polar surface area (TPSA) is 74.8 Å². The van der Waals surface area contributed by atoms with E-state index in [1.807, 2.05) is 6.92 Å². The number of aromatic nitrogens is 2. The zero-order chi connectivity index (χ0) is 18.2. The van der Waals surface area contributed by atoms with Crippen LogP contribution in [0.1, 0.15) is 45.7 Å². The summed E-state index contributed by atoms with van der Waals surface area (Å²) in [7, 11) is 0. The molecule has 0 radical (unpaired) electrons. The number of alkyl halides is 3. The number of carbonyl (C=O) groups is 1. The molecule has 1 aliphatic carbocycles. The van der Waals surface area contributed by atoms with Gasteiger partial charge in [-0.1, -0.05) is 0 Å². The summed E-state index contributed by atoms with van der Waals surface area (Å²) in [5, 5.41) is 2.54. The third-order valence-electron chi connectivity index (χ3n) is 4.31. The average molecular weight is 351 g/mol. The maximum Gasteiger partial charge on any atom is 0.433 e. The highest BCUT2D eigenvalue weighted by Crippen LogP contribution is 2.28. The molecule has 0 aliphatic heterocycles. The number of H-pyrrole nitrogens is 1. The second-order valence-corrected chi connectivity index (χ2v) is 6.00. The molecule has 0 unspecified atom stereocenters. The number of aromatic amines is 1. The number of anilines is 1. The number of nitrogens with zero attached hydrogens (tertiary/aromatic N) is 1. The predicted molar refractivity (Wildman–Crippen MR) is 85.6 cm³/mol. The fraction of sp³-hybridized carbons (Fsp3) is 0.353. The number of halogens is 3. The summed E-state index contributed by atoms with van der Waals surface area (Å²) in [6.07, 6.45) is -0.282. The van der Waals surface area contributed by atoms with Crippen LogP contribution in [0.5, 0.6) is 0 Å². The first-order chi connectivity index (χ1) is 11.8. The van der Waals surface area contributed by atoms with E-state index in [1.165, 1.54) is 0 Å². The Labute approximate surface area is 141 Å². The molecule has 0 saturated carbocycles. The second kappa shape index (κ2) is 6.34. The first-order valence-electron chi connectivity index (χ1n) is 7.86. The van der Waals surface area contributed by atoms with Crippen LogP contribution >= 0.6 is 0 Å². The smallest absolute Gasteiger partial charge is 0.324 e. The van der Waals surface area contributed by atoms with E-state index in [-0.39, 0.29) is 11.3 Å². The van der Waals surface area contributed by atoms with E-state index in [2.05, 4.69) is 15.3 Å². The van der Waals surface area contributed by atoms with Gasteiger partial charge in [-0.05, 0) is 55.9 Å². The Morgan fingerprint density at radius 2 is 1.88 bits per heavy atom. The SMILES string of the molecule is Cc1[nH]c(=O)c(NC(=O)c2ccc(C(F)(F)F)nc2)c2c1CCCC2. The summed E-state index contributed by atoms with van der Waals surface area (Å²) in [5.74, 6) is -0.664. The summed E-state index contributed by atoms with van der Waals surface area (Å²) in [6.45, 7) is 1.82. The Bertz CT molecular complexity index is 870. The molecule has 3 rings (SSSR count). The molecule has 25 heavy (non-hydrogen) atoms. The van der Waals surface area contributed by atoms with Gasteiger partial charge in [-0.15, -0.1) is 0 Å². The summed E-state index contributed by atoms with van der Waals surface area (Å²) in [6, 6.07) is 1.78. The molecular weight excluding hydrogens is 335 g/mol. The predicted octanol–water partition coefficient (Wildman–Crippen LogP) is 3.23. The lowest BCUT2D eigenvalue weighted by molar-refractivity contribution is -0.141. The van der Waals surface area contributed by atoms with Gasteiger partial charge in [0.2, 0.25) is 0 Å². The summed E-state index contributed by atoms with van der Waals surface area (Å²) in [4.78, 5) is 30.5. The fourth-order valence-electron chi connectivity index (χ4n) is 3.05. The van der Waals surface area contributed by atoms with Crippen LogP contribution in [0.3, 0.4) is 0 Å². The van der Waals surface area contributed by atoms with Crippen molar-refractivity contribution in [1.29, 1.82) is 0 Å². The molecule has 2 heterocycles. The molecule has 0 bridgehead atoms. The van der Waals surface area contributed by atoms with Gasteiger partial charge in [-0.2, -0.15) is 13.2 Å². The van der Waals surface area contributed by atoms with Gasteiger partial charge in [0.15, 0.2) is 0 Å². The number of nitrogens with one attached hydrogen (secondary N) is 2. The van der Waals surface area contributed by atoms with Crippen molar-refractivity contribution in [1.82, 2.24) is 9.97 Å². The lowest BCUT2D eigenvalue weighted by atomic mass is 9.90. The Morgan fingerprint density at radius 1 is 1.20 bits per heavy atom. The molecule has 0 fully saturated rings. The number of carbonyl (C=O) groups excluding carboxylic acids is 1. The van der Waals surface area contributed by atoms with Crippen molar-refractivity contribution in [2.24, 2.45) is 0 Å². The number of aryl methyl sites for hydroxylation is 1. The minimum absolute atomic E-state index is 0.0439. The van der Waals surface area contributed by atoms with E-state index in [4.69, 9.17) is 0 Å². The Morgan fingerprint density at radius 3 is 2.48 bits per heavy atom. The average Bonchev–Trinajstić information content (AvgIpc) is 2.58. The van der Waals surface area contributed by atoms with E-state index >= 15 is 0 Å². The van der Waals surface area contributed by atoms with Crippen LogP contribution in [-0.2, 0) is 19.0 Å². The van der Waals surface area contributed by atoms with E-state index in [1.54, 1.807) is 0 Å². The molecule has 1 amide bonds. The molecule has 0 aromatic carbocycles. The monoisotopic (exact) mass is 351 g/mol. The molecule has 132 valence electrons. The van der Waals surface area contributed by atoms with Crippen molar-refractivity contribution in [2.45, 2.75) is 38.8 Å². The van der Waals surface area contributed by atoms with Gasteiger partial charge < -0.3 is 10.3 Å². The Kier molecular flexibility index (Phi) is 4.36. The van der Waals surface area contributed by atoms with E-state index < -0.39 is 23.3 Å². The lowest BCUT2D eigenvalue weighted by Crippen LogP contribution is -2.25. The van der Waals surface area contributed by atoms with Crippen molar-refractivity contribution in [3.05, 3.63) is 56.8 Å². The highest BCUT2D eigenvalue weighted by Gasteiger charge is 2.32. The van der Waals surface area contributed by atoms with E-state index in [0.717, 1.165) is 54.4 Å². The quantitative estimate of drug-likeness (QED) is 0.872. The van der Waals surface area contributed by atoms with Gasteiger partial charge >= 0.3 is 6.18 Å². The molecule has 2 N–H and O–H groups in total. The fourth-order valence-corrected chi connectivity index (χ4v) is 3.05. The molecule has 0 spiro atoms. The molecular formula is C17H16F3N3O2. The minimum atomic E-state index is -4.57. The maximum atomic E-state index is 12.5. The number of hydrogen-bond donors (Lipinski definition) is 2. The molecule has 0 saturated heterocycles. The van der Waals surface area contributed by atoms with Gasteiger partial charge in [-0.3, -0.25) is 14.6 Å². The lowest BCUT2D eigenvalue weighted by Gasteiger charge is -2.21. The van der Waals surface area contributed by atoms with E-state index in [9.17, 15) is 22.8 Å². The van der Waals surface area contributed by atoms with Crippen LogP contribution < -0.4 is 10.9 Å². The zero-order valence-corrected chi connectivity index (χ0v) is 13.5. The van der Waals surface area contributed by atoms with Gasteiger partial charge in [0.05, 0.1) is 5.56 Å². The number of pyridine rings is 2. The van der Waals surface area contributed by atoms with Gasteiger partial charge in [-0.25, -0.2) is 0 Å². The van der Waals surface area contributed by atoms with Gasteiger partial charge in [0.25, 0.3) is 11.5 Å². The van der Waals surface area contributed by atoms with Crippen LogP contribution in [0, 0.1) is 6.92 Å². The molecule has 2 aromatic heterocycles.